The van der Waals surface area contributed by atoms with E-state index in [1.54, 1.807) is 6.92 Å². The lowest BCUT2D eigenvalue weighted by atomic mass is 9.95. The maximum absolute atomic E-state index is 12.0. The van der Waals surface area contributed by atoms with Crippen molar-refractivity contribution in [3.8, 4) is 0 Å². The topological polar surface area (TPSA) is 22.0 Å². The molecule has 1 aromatic carbocycles. The van der Waals surface area contributed by atoms with Crippen molar-refractivity contribution in [2.45, 2.75) is 46.5 Å². The van der Waals surface area contributed by atoms with Crippen LogP contribution in [0.4, 0.5) is 0 Å². The van der Waals surface area contributed by atoms with Gasteiger partial charge in [0.2, 0.25) is 5.91 Å². The van der Waals surface area contributed by atoms with E-state index in [-0.39, 0.29) is 5.91 Å². The molecule has 0 aliphatic heterocycles. The minimum atomic E-state index is 0.0989. The molecule has 0 aliphatic carbocycles. The molecule has 0 unspecified atom stereocenters. The predicted molar refractivity (Wildman–Crippen MR) is 76.4 cm³/mol. The van der Waals surface area contributed by atoms with Crippen LogP contribution in [0.3, 0.4) is 0 Å². The number of aromatic nitrogens is 1. The van der Waals surface area contributed by atoms with Gasteiger partial charge in [0.15, 0.2) is 0 Å². The Morgan fingerprint density at radius 2 is 1.67 bits per heavy atom. The Balaban J connectivity index is 2.95. The van der Waals surface area contributed by atoms with E-state index < -0.39 is 0 Å². The van der Waals surface area contributed by atoms with Crippen LogP contribution >= 0.6 is 0 Å². The molecule has 0 atom stereocenters. The number of rotatable bonds is 2. The maximum atomic E-state index is 12.0. The van der Waals surface area contributed by atoms with Crippen molar-refractivity contribution >= 4 is 16.8 Å². The minimum absolute atomic E-state index is 0.0989. The standard InChI is InChI=1S/C16H21NO/c1-10(2)15-13-8-6-7-9-14(13)17(12(5)18)16(15)11(3)4/h6-11H,1-5H3. The predicted octanol–water partition coefficient (Wildman–Crippen LogP) is 4.55. The Kier molecular flexibility index (Phi) is 3.29. The first-order valence-corrected chi connectivity index (χ1v) is 6.59. The van der Waals surface area contributed by atoms with Gasteiger partial charge in [0, 0.05) is 18.0 Å². The molecule has 2 aromatic rings. The molecule has 0 N–H and O–H groups in total. The highest BCUT2D eigenvalue weighted by molar-refractivity contribution is 5.95. The molecule has 2 rings (SSSR count). The number of carbonyl (C=O) groups excluding carboxylic acids is 1. The quantitative estimate of drug-likeness (QED) is 0.758. The van der Waals surface area contributed by atoms with E-state index in [0.717, 1.165) is 5.52 Å². The van der Waals surface area contributed by atoms with Crippen molar-refractivity contribution in [2.24, 2.45) is 0 Å². The summed E-state index contributed by atoms with van der Waals surface area (Å²) in [5.74, 6) is 0.869. The van der Waals surface area contributed by atoms with Crippen molar-refractivity contribution in [3.05, 3.63) is 35.5 Å². The summed E-state index contributed by atoms with van der Waals surface area (Å²) in [7, 11) is 0. The number of benzene rings is 1. The van der Waals surface area contributed by atoms with Gasteiger partial charge in [-0.15, -0.1) is 0 Å². The SMILES string of the molecule is CC(=O)n1c(C(C)C)c(C(C)C)c2ccccc21. The van der Waals surface area contributed by atoms with Gasteiger partial charge in [-0.05, 0) is 23.5 Å². The fourth-order valence-electron chi connectivity index (χ4n) is 2.80. The first-order chi connectivity index (χ1) is 8.45. The second-order valence-corrected chi connectivity index (χ2v) is 5.48. The van der Waals surface area contributed by atoms with E-state index >= 15 is 0 Å². The molecule has 0 spiro atoms. The van der Waals surface area contributed by atoms with Gasteiger partial charge in [-0.3, -0.25) is 9.36 Å². The molecule has 0 radical (unpaired) electrons. The normalized spacial score (nSPS) is 11.7. The van der Waals surface area contributed by atoms with Gasteiger partial charge in [-0.1, -0.05) is 45.9 Å². The van der Waals surface area contributed by atoms with Crippen LogP contribution < -0.4 is 0 Å². The Hall–Kier alpha value is -1.57. The van der Waals surface area contributed by atoms with Gasteiger partial charge in [-0.2, -0.15) is 0 Å². The zero-order chi connectivity index (χ0) is 13.4. The summed E-state index contributed by atoms with van der Waals surface area (Å²) in [4.78, 5) is 12.0. The summed E-state index contributed by atoms with van der Waals surface area (Å²) in [6.45, 7) is 10.3. The number of fused-ring (bicyclic) bond motifs is 1. The van der Waals surface area contributed by atoms with E-state index in [4.69, 9.17) is 0 Å². The summed E-state index contributed by atoms with van der Waals surface area (Å²) in [6.07, 6.45) is 0. The van der Waals surface area contributed by atoms with Crippen molar-refractivity contribution in [3.63, 3.8) is 0 Å². The number of carbonyl (C=O) groups is 1. The van der Waals surface area contributed by atoms with Gasteiger partial charge in [0.05, 0.1) is 5.52 Å². The summed E-state index contributed by atoms with van der Waals surface area (Å²) < 4.78 is 1.88. The Labute approximate surface area is 109 Å². The lowest BCUT2D eigenvalue weighted by Crippen LogP contribution is -2.12. The third-order valence-electron chi connectivity index (χ3n) is 3.39. The highest BCUT2D eigenvalue weighted by atomic mass is 16.1. The van der Waals surface area contributed by atoms with Crippen LogP contribution in [-0.4, -0.2) is 10.5 Å². The number of hydrogen-bond donors (Lipinski definition) is 0. The molecule has 0 aliphatic rings. The lowest BCUT2D eigenvalue weighted by Gasteiger charge is -2.14. The molecule has 2 nitrogen and oxygen atoms in total. The van der Waals surface area contributed by atoms with Crippen molar-refractivity contribution in [1.82, 2.24) is 4.57 Å². The van der Waals surface area contributed by atoms with E-state index in [1.165, 1.54) is 16.6 Å². The second kappa shape index (κ2) is 4.60. The third-order valence-corrected chi connectivity index (χ3v) is 3.39. The Morgan fingerprint density at radius 3 is 2.17 bits per heavy atom. The summed E-state index contributed by atoms with van der Waals surface area (Å²) in [5.41, 5.74) is 3.52. The van der Waals surface area contributed by atoms with Crippen molar-refractivity contribution in [2.75, 3.05) is 0 Å². The molecular weight excluding hydrogens is 222 g/mol. The fraction of sp³-hybridized carbons (Fsp3) is 0.438. The molecule has 1 aromatic heterocycles. The molecule has 0 fully saturated rings. The van der Waals surface area contributed by atoms with Crippen LogP contribution in [0.2, 0.25) is 0 Å². The van der Waals surface area contributed by atoms with E-state index in [0.29, 0.717) is 11.8 Å². The van der Waals surface area contributed by atoms with Crippen LogP contribution in [0, 0.1) is 0 Å². The molecule has 2 heteroatoms. The van der Waals surface area contributed by atoms with Gasteiger partial charge < -0.3 is 0 Å². The number of nitrogens with zero attached hydrogens (tertiary/aromatic N) is 1. The molecule has 0 amide bonds. The van der Waals surface area contributed by atoms with Crippen molar-refractivity contribution < 1.29 is 4.79 Å². The van der Waals surface area contributed by atoms with Crippen molar-refractivity contribution in [1.29, 1.82) is 0 Å². The van der Waals surface area contributed by atoms with Gasteiger partial charge in [-0.25, -0.2) is 0 Å². The van der Waals surface area contributed by atoms with Crippen LogP contribution in [0.25, 0.3) is 10.9 Å². The zero-order valence-electron chi connectivity index (χ0n) is 11.8. The monoisotopic (exact) mass is 243 g/mol. The largest absolute Gasteiger partial charge is 0.284 e. The van der Waals surface area contributed by atoms with E-state index in [2.05, 4.69) is 33.8 Å². The first-order valence-electron chi connectivity index (χ1n) is 6.59. The Morgan fingerprint density at radius 1 is 1.06 bits per heavy atom. The highest BCUT2D eigenvalue weighted by Crippen LogP contribution is 2.35. The van der Waals surface area contributed by atoms with Crippen LogP contribution in [0.1, 0.15) is 62.5 Å². The average molecular weight is 243 g/mol. The summed E-state index contributed by atoms with van der Waals surface area (Å²) in [5, 5.41) is 1.21. The van der Waals surface area contributed by atoms with Gasteiger partial charge in [0.25, 0.3) is 0 Å². The molecule has 0 saturated carbocycles. The first kappa shape index (κ1) is 12.9. The summed E-state index contributed by atoms with van der Waals surface area (Å²) >= 11 is 0. The molecule has 0 saturated heterocycles. The maximum Gasteiger partial charge on any atom is 0.228 e. The minimum Gasteiger partial charge on any atom is -0.284 e. The third kappa shape index (κ3) is 1.86. The summed E-state index contributed by atoms with van der Waals surface area (Å²) in [6, 6.07) is 8.20. The van der Waals surface area contributed by atoms with Crippen LogP contribution in [-0.2, 0) is 0 Å². The van der Waals surface area contributed by atoms with Crippen LogP contribution in [0.15, 0.2) is 24.3 Å². The molecule has 18 heavy (non-hydrogen) atoms. The van der Waals surface area contributed by atoms with Gasteiger partial charge >= 0.3 is 0 Å². The van der Waals surface area contributed by atoms with E-state index in [1.807, 2.05) is 22.8 Å². The average Bonchev–Trinajstić information content (AvgIpc) is 2.63. The van der Waals surface area contributed by atoms with E-state index in [9.17, 15) is 4.79 Å². The molecular formula is C16H21NO. The highest BCUT2D eigenvalue weighted by Gasteiger charge is 2.22. The van der Waals surface area contributed by atoms with Gasteiger partial charge in [0.1, 0.15) is 0 Å². The van der Waals surface area contributed by atoms with Crippen LogP contribution in [0.5, 0.6) is 0 Å². The molecule has 1 heterocycles. The Bertz CT molecular complexity index is 590. The zero-order valence-corrected chi connectivity index (χ0v) is 11.8. The number of para-hydroxylation sites is 1. The lowest BCUT2D eigenvalue weighted by molar-refractivity contribution is 0.0937. The fourth-order valence-corrected chi connectivity index (χ4v) is 2.80. The number of hydrogen-bond acceptors (Lipinski definition) is 1. The smallest absolute Gasteiger partial charge is 0.228 e. The molecule has 96 valence electrons. The second-order valence-electron chi connectivity index (χ2n) is 5.48. The molecule has 0 bridgehead atoms.